The minimum absolute atomic E-state index is 0.185. The van der Waals surface area contributed by atoms with Gasteiger partial charge in [0.1, 0.15) is 12.4 Å². The van der Waals surface area contributed by atoms with Gasteiger partial charge in [0.05, 0.1) is 7.11 Å². The van der Waals surface area contributed by atoms with Gasteiger partial charge in [-0.1, -0.05) is 53.5 Å². The zero-order valence-corrected chi connectivity index (χ0v) is 17.6. The van der Waals surface area contributed by atoms with Gasteiger partial charge in [0.25, 0.3) is 0 Å². The minimum Gasteiger partial charge on any atom is -0.493 e. The molecule has 0 aliphatic carbocycles. The highest BCUT2D eigenvalue weighted by molar-refractivity contribution is 6.31. The SMILES string of the molecule is COc1cc(CNCCc2ccccc2F)c(Cl)cc1OCc1cccc(Cl)c1. The average Bonchev–Trinajstić information content (AvgIpc) is 2.72. The van der Waals surface area contributed by atoms with Crippen molar-refractivity contribution in [3.05, 3.63) is 93.2 Å². The lowest BCUT2D eigenvalue weighted by Gasteiger charge is -2.14. The standard InChI is InChI=1S/C23H22Cl2FNO2/c1-28-22-12-18(14-27-10-9-17-6-2-3-8-21(17)26)20(25)13-23(22)29-15-16-5-4-7-19(24)11-16/h2-8,11-13,27H,9-10,14-15H2,1H3. The quantitative estimate of drug-likeness (QED) is 0.416. The Morgan fingerprint density at radius 2 is 1.76 bits per heavy atom. The number of hydrogen-bond donors (Lipinski definition) is 1. The number of hydrogen-bond acceptors (Lipinski definition) is 3. The number of nitrogens with one attached hydrogen (secondary N) is 1. The van der Waals surface area contributed by atoms with Gasteiger partial charge in [0.2, 0.25) is 0 Å². The summed E-state index contributed by atoms with van der Waals surface area (Å²) in [5, 5.41) is 4.53. The molecule has 1 N–H and O–H groups in total. The van der Waals surface area contributed by atoms with Crippen molar-refractivity contribution in [1.29, 1.82) is 0 Å². The van der Waals surface area contributed by atoms with Gasteiger partial charge in [-0.15, -0.1) is 0 Å². The van der Waals surface area contributed by atoms with Gasteiger partial charge in [-0.2, -0.15) is 0 Å². The predicted molar refractivity (Wildman–Crippen MR) is 116 cm³/mol. The lowest BCUT2D eigenvalue weighted by Crippen LogP contribution is -2.17. The molecule has 6 heteroatoms. The van der Waals surface area contributed by atoms with Crippen molar-refractivity contribution in [2.24, 2.45) is 0 Å². The molecule has 0 bridgehead atoms. The van der Waals surface area contributed by atoms with Crippen molar-refractivity contribution in [2.45, 2.75) is 19.6 Å². The van der Waals surface area contributed by atoms with Crippen LogP contribution in [-0.4, -0.2) is 13.7 Å². The fourth-order valence-electron chi connectivity index (χ4n) is 2.92. The van der Waals surface area contributed by atoms with Gasteiger partial charge < -0.3 is 14.8 Å². The van der Waals surface area contributed by atoms with Gasteiger partial charge in [-0.05, 0) is 53.9 Å². The van der Waals surface area contributed by atoms with Crippen LogP contribution in [0.25, 0.3) is 0 Å². The van der Waals surface area contributed by atoms with E-state index < -0.39 is 0 Å². The summed E-state index contributed by atoms with van der Waals surface area (Å²) in [5.41, 5.74) is 2.52. The molecular formula is C23H22Cl2FNO2. The summed E-state index contributed by atoms with van der Waals surface area (Å²) in [5.74, 6) is 0.977. The lowest BCUT2D eigenvalue weighted by atomic mass is 10.1. The van der Waals surface area contributed by atoms with Crippen LogP contribution in [0.1, 0.15) is 16.7 Å². The third-order valence-corrected chi connectivity index (χ3v) is 5.05. The van der Waals surface area contributed by atoms with Crippen molar-refractivity contribution in [2.75, 3.05) is 13.7 Å². The van der Waals surface area contributed by atoms with Crippen molar-refractivity contribution in [3.8, 4) is 11.5 Å². The Bertz CT molecular complexity index is 965. The van der Waals surface area contributed by atoms with Crippen molar-refractivity contribution >= 4 is 23.2 Å². The molecule has 0 aromatic heterocycles. The summed E-state index contributed by atoms with van der Waals surface area (Å²) >= 11 is 12.4. The normalized spacial score (nSPS) is 10.8. The van der Waals surface area contributed by atoms with E-state index in [1.807, 2.05) is 36.4 Å². The van der Waals surface area contributed by atoms with Gasteiger partial charge in [-0.3, -0.25) is 0 Å². The Kier molecular flexibility index (Phi) is 7.76. The zero-order valence-electron chi connectivity index (χ0n) is 16.1. The van der Waals surface area contributed by atoms with Crippen LogP contribution in [-0.2, 0) is 19.6 Å². The number of rotatable bonds is 9. The second-order valence-electron chi connectivity index (χ2n) is 6.53. The summed E-state index contributed by atoms with van der Waals surface area (Å²) in [4.78, 5) is 0. The van der Waals surface area contributed by atoms with Crippen molar-refractivity contribution < 1.29 is 13.9 Å². The first kappa shape index (κ1) is 21.4. The van der Waals surface area contributed by atoms with Crippen molar-refractivity contribution in [3.63, 3.8) is 0 Å². The molecule has 3 nitrogen and oxygen atoms in total. The number of methoxy groups -OCH3 is 1. The van der Waals surface area contributed by atoms with E-state index in [0.717, 1.165) is 11.1 Å². The predicted octanol–water partition coefficient (Wildman–Crippen LogP) is 6.05. The smallest absolute Gasteiger partial charge is 0.163 e. The fourth-order valence-corrected chi connectivity index (χ4v) is 3.35. The third-order valence-electron chi connectivity index (χ3n) is 4.46. The molecule has 152 valence electrons. The molecule has 0 unspecified atom stereocenters. The van der Waals surface area contributed by atoms with E-state index in [2.05, 4.69) is 5.32 Å². The largest absolute Gasteiger partial charge is 0.493 e. The Balaban J connectivity index is 1.59. The third kappa shape index (κ3) is 6.10. The zero-order chi connectivity index (χ0) is 20.6. The molecule has 0 fully saturated rings. The average molecular weight is 434 g/mol. The molecule has 3 rings (SSSR count). The Morgan fingerprint density at radius 3 is 2.52 bits per heavy atom. The van der Waals surface area contributed by atoms with E-state index in [4.69, 9.17) is 32.7 Å². The van der Waals surface area contributed by atoms with Crippen LogP contribution in [0.15, 0.2) is 60.7 Å². The Morgan fingerprint density at radius 1 is 0.931 bits per heavy atom. The summed E-state index contributed by atoms with van der Waals surface area (Å²) in [7, 11) is 1.59. The van der Waals surface area contributed by atoms with Crippen LogP contribution >= 0.6 is 23.2 Å². The fraction of sp³-hybridized carbons (Fsp3) is 0.217. The molecule has 0 amide bonds. The molecule has 0 aliphatic rings. The molecule has 0 atom stereocenters. The van der Waals surface area contributed by atoms with Crippen molar-refractivity contribution in [1.82, 2.24) is 5.32 Å². The first-order valence-electron chi connectivity index (χ1n) is 9.24. The molecule has 3 aromatic rings. The van der Waals surface area contributed by atoms with Gasteiger partial charge in [0.15, 0.2) is 11.5 Å². The van der Waals surface area contributed by atoms with E-state index in [0.29, 0.717) is 53.2 Å². The van der Waals surface area contributed by atoms with E-state index in [1.54, 1.807) is 25.3 Å². The molecule has 0 radical (unpaired) electrons. The first-order valence-corrected chi connectivity index (χ1v) is 10.00. The number of benzene rings is 3. The van der Waals surface area contributed by atoms with E-state index in [9.17, 15) is 4.39 Å². The van der Waals surface area contributed by atoms with Gasteiger partial charge >= 0.3 is 0 Å². The van der Waals surface area contributed by atoms with E-state index in [-0.39, 0.29) is 5.82 Å². The monoisotopic (exact) mass is 433 g/mol. The van der Waals surface area contributed by atoms with E-state index >= 15 is 0 Å². The van der Waals surface area contributed by atoms with Gasteiger partial charge in [0, 0.05) is 22.7 Å². The van der Waals surface area contributed by atoms with Crippen LogP contribution in [0.5, 0.6) is 11.5 Å². The minimum atomic E-state index is -0.185. The maximum Gasteiger partial charge on any atom is 0.163 e. The highest BCUT2D eigenvalue weighted by Gasteiger charge is 2.11. The summed E-state index contributed by atoms with van der Waals surface area (Å²) in [6.07, 6.45) is 0.599. The molecule has 3 aromatic carbocycles. The molecular weight excluding hydrogens is 412 g/mol. The van der Waals surface area contributed by atoms with Crippen LogP contribution in [0.2, 0.25) is 10.0 Å². The lowest BCUT2D eigenvalue weighted by molar-refractivity contribution is 0.284. The molecule has 0 spiro atoms. The first-order chi connectivity index (χ1) is 14.1. The molecule has 29 heavy (non-hydrogen) atoms. The second kappa shape index (κ2) is 10.5. The second-order valence-corrected chi connectivity index (χ2v) is 7.37. The maximum atomic E-state index is 13.7. The number of halogens is 3. The highest BCUT2D eigenvalue weighted by atomic mass is 35.5. The highest BCUT2D eigenvalue weighted by Crippen LogP contribution is 2.34. The van der Waals surface area contributed by atoms with Crippen LogP contribution < -0.4 is 14.8 Å². The molecule has 0 saturated carbocycles. The van der Waals surface area contributed by atoms with Crippen LogP contribution in [0.3, 0.4) is 0 Å². The van der Waals surface area contributed by atoms with Crippen LogP contribution in [0.4, 0.5) is 4.39 Å². The number of ether oxygens (including phenoxy) is 2. The summed E-state index contributed by atoms with van der Waals surface area (Å²) in [6.45, 7) is 1.53. The maximum absolute atomic E-state index is 13.7. The van der Waals surface area contributed by atoms with E-state index in [1.165, 1.54) is 6.07 Å². The molecule has 0 aliphatic heterocycles. The Labute approximate surface area is 180 Å². The summed E-state index contributed by atoms with van der Waals surface area (Å²) in [6, 6.07) is 17.9. The van der Waals surface area contributed by atoms with Gasteiger partial charge in [-0.25, -0.2) is 4.39 Å². The topological polar surface area (TPSA) is 30.5 Å². The molecule has 0 heterocycles. The summed E-state index contributed by atoms with van der Waals surface area (Å²) < 4.78 is 25.0. The molecule has 0 saturated heterocycles. The van der Waals surface area contributed by atoms with Crippen LogP contribution in [0, 0.1) is 5.82 Å². The Hall–Kier alpha value is -2.27.